The maximum Gasteiger partial charge on any atom is -0.0204 e. The molecule has 6 bridgehead atoms. The molecular formula is C15H24. The molecule has 15 heavy (non-hydrogen) atoms. The molecule has 5 rings (SSSR count). The van der Waals surface area contributed by atoms with Gasteiger partial charge in [0.05, 0.1) is 0 Å². The summed E-state index contributed by atoms with van der Waals surface area (Å²) in [7, 11) is 0. The van der Waals surface area contributed by atoms with Gasteiger partial charge in [-0.05, 0) is 59.2 Å². The molecule has 0 aromatic heterocycles. The van der Waals surface area contributed by atoms with Crippen molar-refractivity contribution in [1.82, 2.24) is 0 Å². The summed E-state index contributed by atoms with van der Waals surface area (Å²) in [5.41, 5.74) is 2.16. The summed E-state index contributed by atoms with van der Waals surface area (Å²) >= 11 is 0. The van der Waals surface area contributed by atoms with Crippen molar-refractivity contribution in [2.24, 2.45) is 39.9 Å². The third-order valence-corrected chi connectivity index (χ3v) is 7.58. The summed E-state index contributed by atoms with van der Waals surface area (Å²) in [6, 6.07) is 0. The molecule has 0 saturated heterocycles. The van der Waals surface area contributed by atoms with E-state index in [9.17, 15) is 0 Å². The van der Waals surface area contributed by atoms with E-state index in [2.05, 4.69) is 27.7 Å². The van der Waals surface area contributed by atoms with E-state index in [1.165, 1.54) is 19.3 Å². The van der Waals surface area contributed by atoms with Crippen LogP contribution in [0.5, 0.6) is 0 Å². The van der Waals surface area contributed by atoms with Crippen molar-refractivity contribution in [2.45, 2.75) is 53.4 Å². The van der Waals surface area contributed by atoms with Crippen molar-refractivity contribution in [1.29, 1.82) is 0 Å². The van der Waals surface area contributed by atoms with E-state index in [1.807, 2.05) is 0 Å². The van der Waals surface area contributed by atoms with E-state index >= 15 is 0 Å². The Morgan fingerprint density at radius 2 is 1.60 bits per heavy atom. The first-order valence-corrected chi connectivity index (χ1v) is 6.93. The highest BCUT2D eigenvalue weighted by Gasteiger charge is 2.86. The van der Waals surface area contributed by atoms with Crippen LogP contribution < -0.4 is 0 Å². The van der Waals surface area contributed by atoms with Crippen molar-refractivity contribution in [3.05, 3.63) is 0 Å². The summed E-state index contributed by atoms with van der Waals surface area (Å²) in [6.45, 7) is 10.4. The fraction of sp³-hybridized carbons (Fsp3) is 1.00. The minimum atomic E-state index is 0.649. The molecule has 5 aliphatic rings. The van der Waals surface area contributed by atoms with Gasteiger partial charge in [-0.25, -0.2) is 0 Å². The van der Waals surface area contributed by atoms with Crippen molar-refractivity contribution < 1.29 is 0 Å². The van der Waals surface area contributed by atoms with Crippen LogP contribution in [0.2, 0.25) is 0 Å². The topological polar surface area (TPSA) is 0 Å². The molecule has 0 N–H and O–H groups in total. The van der Waals surface area contributed by atoms with E-state index in [0.717, 1.165) is 34.5 Å². The van der Waals surface area contributed by atoms with Gasteiger partial charge in [-0.3, -0.25) is 0 Å². The van der Waals surface area contributed by atoms with Gasteiger partial charge in [-0.15, -0.1) is 0 Å². The summed E-state index contributed by atoms with van der Waals surface area (Å²) in [4.78, 5) is 0. The van der Waals surface area contributed by atoms with Gasteiger partial charge in [0.1, 0.15) is 0 Å². The zero-order chi connectivity index (χ0) is 10.6. The molecule has 5 fully saturated rings. The third kappa shape index (κ3) is 0.666. The highest BCUT2D eigenvalue weighted by molar-refractivity contribution is 5.33. The lowest BCUT2D eigenvalue weighted by Crippen LogP contribution is -2.29. The monoisotopic (exact) mass is 204 g/mol. The van der Waals surface area contributed by atoms with Gasteiger partial charge in [-0.2, -0.15) is 0 Å². The molecule has 6 atom stereocenters. The fourth-order valence-electron chi connectivity index (χ4n) is 6.75. The van der Waals surface area contributed by atoms with Gasteiger partial charge >= 0.3 is 0 Å². The van der Waals surface area contributed by atoms with Gasteiger partial charge in [0.2, 0.25) is 0 Å². The van der Waals surface area contributed by atoms with Crippen LogP contribution in [0.25, 0.3) is 0 Å². The molecular weight excluding hydrogens is 180 g/mol. The maximum atomic E-state index is 2.64. The highest BCUT2D eigenvalue weighted by Crippen LogP contribution is 2.91. The van der Waals surface area contributed by atoms with Crippen LogP contribution in [0.4, 0.5) is 0 Å². The van der Waals surface area contributed by atoms with Gasteiger partial charge in [0.25, 0.3) is 0 Å². The zero-order valence-corrected chi connectivity index (χ0v) is 10.6. The molecule has 0 nitrogen and oxygen atoms in total. The predicted octanol–water partition coefficient (Wildman–Crippen LogP) is 4.10. The first-order chi connectivity index (χ1) is 6.93. The molecule has 84 valence electrons. The second-order valence-electron chi connectivity index (χ2n) is 8.04. The zero-order valence-electron chi connectivity index (χ0n) is 10.6. The van der Waals surface area contributed by atoms with Crippen LogP contribution in [-0.4, -0.2) is 0 Å². The molecule has 0 radical (unpaired) electrons. The molecule has 0 aromatic carbocycles. The van der Waals surface area contributed by atoms with Crippen LogP contribution in [-0.2, 0) is 0 Å². The Balaban J connectivity index is 1.89. The first kappa shape index (κ1) is 9.07. The molecule has 0 unspecified atom stereocenters. The lowest BCUT2D eigenvalue weighted by Gasteiger charge is -2.35. The molecule has 5 saturated carbocycles. The average Bonchev–Trinajstić information content (AvgIpc) is 2.49. The molecule has 0 amide bonds. The van der Waals surface area contributed by atoms with Gasteiger partial charge in [0.15, 0.2) is 0 Å². The Labute approximate surface area is 93.8 Å². The average molecular weight is 204 g/mol. The Morgan fingerprint density at radius 3 is 2.27 bits per heavy atom. The van der Waals surface area contributed by atoms with Gasteiger partial charge < -0.3 is 0 Å². The van der Waals surface area contributed by atoms with E-state index < -0.39 is 0 Å². The summed E-state index contributed by atoms with van der Waals surface area (Å²) in [5.74, 6) is 4.44. The smallest absolute Gasteiger partial charge is 0.0204 e. The molecule has 0 aliphatic heterocycles. The third-order valence-electron chi connectivity index (χ3n) is 7.58. The van der Waals surface area contributed by atoms with E-state index in [-0.39, 0.29) is 0 Å². The highest BCUT2D eigenvalue weighted by atomic mass is 14.9. The first-order valence-electron chi connectivity index (χ1n) is 6.93. The Hall–Kier alpha value is 0. The minimum absolute atomic E-state index is 0.649. The summed E-state index contributed by atoms with van der Waals surface area (Å²) < 4.78 is 0. The second-order valence-corrected chi connectivity index (χ2v) is 8.04. The number of rotatable bonds is 0. The Bertz CT molecular complexity index is 342. The summed E-state index contributed by atoms with van der Waals surface area (Å²) in [6.07, 6.45) is 6.10. The van der Waals surface area contributed by atoms with Crippen LogP contribution >= 0.6 is 0 Å². The van der Waals surface area contributed by atoms with Crippen molar-refractivity contribution in [3.8, 4) is 0 Å². The Kier molecular flexibility index (Phi) is 1.24. The molecule has 0 spiro atoms. The quantitative estimate of drug-likeness (QED) is 0.557. The lowest BCUT2D eigenvalue weighted by molar-refractivity contribution is 0.127. The van der Waals surface area contributed by atoms with Crippen molar-refractivity contribution >= 4 is 0 Å². The fourth-order valence-corrected chi connectivity index (χ4v) is 6.75. The second kappa shape index (κ2) is 2.05. The molecule has 0 heterocycles. The summed E-state index contributed by atoms with van der Waals surface area (Å²) in [5, 5.41) is 0. The molecule has 0 aromatic rings. The predicted molar refractivity (Wildman–Crippen MR) is 62.4 cm³/mol. The lowest BCUT2D eigenvalue weighted by atomic mass is 9.69. The standard InChI is InChI=1S/C15H24/c1-13(2)6-5-7-14(3)9-8-10-12(11(9)13)15(10,14)4/h9-12H,5-8H2,1-4H3/t9-,10-,11-,12-,14-,15-/m0/s1. The van der Waals surface area contributed by atoms with E-state index in [1.54, 1.807) is 6.42 Å². The normalized spacial score (nSPS) is 68.0. The largest absolute Gasteiger partial charge is 0.0596 e. The Morgan fingerprint density at radius 1 is 0.867 bits per heavy atom. The van der Waals surface area contributed by atoms with Crippen LogP contribution in [0, 0.1) is 39.9 Å². The van der Waals surface area contributed by atoms with Crippen molar-refractivity contribution in [2.75, 3.05) is 0 Å². The molecule has 5 aliphatic carbocycles. The van der Waals surface area contributed by atoms with Crippen LogP contribution in [0.1, 0.15) is 53.4 Å². The van der Waals surface area contributed by atoms with E-state index in [0.29, 0.717) is 5.41 Å². The minimum Gasteiger partial charge on any atom is -0.0596 e. The molecule has 0 heteroatoms. The maximum absolute atomic E-state index is 2.64. The van der Waals surface area contributed by atoms with E-state index in [4.69, 9.17) is 0 Å². The van der Waals surface area contributed by atoms with Gasteiger partial charge in [0, 0.05) is 0 Å². The number of hydrogen-bond acceptors (Lipinski definition) is 0. The van der Waals surface area contributed by atoms with Crippen molar-refractivity contribution in [3.63, 3.8) is 0 Å². The number of hydrogen-bond donors (Lipinski definition) is 0. The van der Waals surface area contributed by atoms with Gasteiger partial charge in [-0.1, -0.05) is 34.1 Å². The SMILES string of the molecule is CC1(C)CCC[C@@]2(C)[C@H]3C[C@H]4[C@@H]([C@H]31)[C@]42C. The van der Waals surface area contributed by atoms with Crippen LogP contribution in [0.3, 0.4) is 0 Å². The van der Waals surface area contributed by atoms with Crippen LogP contribution in [0.15, 0.2) is 0 Å².